The summed E-state index contributed by atoms with van der Waals surface area (Å²) in [5.74, 6) is 1.98. The SMILES string of the molecule is CC(=O)c1ccn(C(=O)N2CCC3(CCN(Cc4cc(Cl)ccc4N4CCC4)C3)CC2)n1.CC(=O)c1ccn(C(=O)N2C[C@H]3CC(Oc4ccc(Cl)c(-c5nccs5)c4)C[C@H]3C2)n1.CC(=O)c1ccn(C(=O)N2C[C@H]3CN(Cc4ccc(Cl)c(-c5nccs5)c4)C[C@H]3C2)n1.CC(=O)c1nn(C(=O)N2CCC3(CCN(Cc4cc(Cl)cc(Cl)c4)C3)CC2)cc1C. The molecule has 0 radical (unpaired) electrons. The third kappa shape index (κ3) is 20.3. The van der Waals surface area contributed by atoms with Crippen molar-refractivity contribution in [3.63, 3.8) is 0 Å². The van der Waals surface area contributed by atoms with Crippen LogP contribution in [0.5, 0.6) is 5.75 Å². The van der Waals surface area contributed by atoms with E-state index < -0.39 is 0 Å². The zero-order valence-corrected chi connectivity index (χ0v) is 75.3. The van der Waals surface area contributed by atoms with Gasteiger partial charge in [-0.05, 0) is 219 Å². The molecule has 0 N–H and O–H groups in total. The largest absolute Gasteiger partial charge is 0.490 e. The zero-order chi connectivity index (χ0) is 86.8. The Kier molecular flexibility index (Phi) is 26.9. The Bertz CT molecular complexity index is 5390. The molecule has 1 saturated carbocycles. The molecule has 19 rings (SSSR count). The fourth-order valence-electron chi connectivity index (χ4n) is 19.2. The summed E-state index contributed by atoms with van der Waals surface area (Å²) in [4.78, 5) is 123. The van der Waals surface area contributed by atoms with E-state index in [2.05, 4.69) is 74.2 Å². The molecule has 0 bridgehead atoms. The van der Waals surface area contributed by atoms with E-state index >= 15 is 0 Å². The monoisotopic (exact) mass is 1810 g/mol. The number of amides is 4. The van der Waals surface area contributed by atoms with Crippen molar-refractivity contribution in [2.45, 2.75) is 118 Å². The number of aryl methyl sites for hydroxylation is 1. The number of Topliss-reactive ketones (excluding diaryl/α,β-unsaturated/α-hetero) is 4. The summed E-state index contributed by atoms with van der Waals surface area (Å²) in [6.07, 6.45) is 19.4. The van der Waals surface area contributed by atoms with Gasteiger partial charge in [-0.15, -0.1) is 22.7 Å². The quantitative estimate of drug-likeness (QED) is 0.0863. The van der Waals surface area contributed by atoms with Crippen LogP contribution in [0.1, 0.15) is 150 Å². The van der Waals surface area contributed by atoms with Gasteiger partial charge in [-0.2, -0.15) is 39.1 Å². The van der Waals surface area contributed by atoms with Crippen LogP contribution in [0.25, 0.3) is 21.1 Å². The normalized spacial score (nSPS) is 20.7. The number of carbonyl (C=O) groups excluding carboxylic acids is 8. The minimum atomic E-state index is -0.176. The molecule has 9 fully saturated rings. The predicted molar refractivity (Wildman–Crippen MR) is 479 cm³/mol. The van der Waals surface area contributed by atoms with E-state index in [4.69, 9.17) is 62.7 Å². The topological polar surface area (TPSA) is 269 Å². The number of hydrogen-bond donors (Lipinski definition) is 0. The van der Waals surface area contributed by atoms with Gasteiger partial charge in [0.25, 0.3) is 0 Å². The number of aromatic nitrogens is 10. The molecule has 650 valence electrons. The lowest BCUT2D eigenvalue weighted by Gasteiger charge is -2.39. The Morgan fingerprint density at radius 3 is 1.38 bits per heavy atom. The van der Waals surface area contributed by atoms with Crippen molar-refractivity contribution >= 4 is 134 Å². The highest BCUT2D eigenvalue weighted by Gasteiger charge is 2.47. The third-order valence-electron chi connectivity index (χ3n) is 25.9. The van der Waals surface area contributed by atoms with Gasteiger partial charge in [-0.25, -0.2) is 29.1 Å². The molecule has 14 heterocycles. The van der Waals surface area contributed by atoms with E-state index in [9.17, 15) is 38.4 Å². The van der Waals surface area contributed by atoms with Crippen LogP contribution in [0.4, 0.5) is 24.9 Å². The average Bonchev–Trinajstić information content (AvgIpc) is 1.64. The number of thiazole rings is 2. The zero-order valence-electron chi connectivity index (χ0n) is 69.9. The number of piperidine rings is 2. The maximum Gasteiger partial charge on any atom is 0.344 e. The van der Waals surface area contributed by atoms with Crippen LogP contribution in [-0.2, 0) is 19.6 Å². The number of halogens is 5. The highest BCUT2D eigenvalue weighted by Crippen LogP contribution is 2.46. The van der Waals surface area contributed by atoms with Crippen LogP contribution in [0.2, 0.25) is 25.1 Å². The molecule has 2 spiro atoms. The Hall–Kier alpha value is -9.53. The molecule has 1 aliphatic carbocycles. The first-order valence-corrected chi connectivity index (χ1v) is 45.9. The van der Waals surface area contributed by atoms with E-state index in [-0.39, 0.29) is 64.2 Å². The molecular weight excluding hydrogens is 1720 g/mol. The molecule has 34 heteroatoms. The van der Waals surface area contributed by atoms with Crippen molar-refractivity contribution in [1.29, 1.82) is 0 Å². The lowest BCUT2D eigenvalue weighted by atomic mass is 9.78. The lowest BCUT2D eigenvalue weighted by Crippen LogP contribution is -2.45. The maximum atomic E-state index is 12.8. The Morgan fingerprint density at radius 2 is 0.911 bits per heavy atom. The van der Waals surface area contributed by atoms with Gasteiger partial charge >= 0.3 is 24.1 Å². The summed E-state index contributed by atoms with van der Waals surface area (Å²) < 4.78 is 11.4. The molecule has 124 heavy (non-hydrogen) atoms. The molecule has 8 saturated heterocycles. The Balaban J connectivity index is 0.000000122. The van der Waals surface area contributed by atoms with Gasteiger partial charge in [0.1, 0.15) is 38.5 Å². The van der Waals surface area contributed by atoms with E-state index in [0.29, 0.717) is 87.7 Å². The Morgan fingerprint density at radius 1 is 0.444 bits per heavy atom. The lowest BCUT2D eigenvalue weighted by molar-refractivity contribution is 0.0998. The highest BCUT2D eigenvalue weighted by molar-refractivity contribution is 7.13. The van der Waals surface area contributed by atoms with Crippen LogP contribution in [0.15, 0.2) is 139 Å². The average molecular weight is 1820 g/mol. The van der Waals surface area contributed by atoms with Gasteiger partial charge in [0.2, 0.25) is 0 Å². The van der Waals surface area contributed by atoms with Crippen molar-refractivity contribution in [3.05, 3.63) is 209 Å². The number of anilines is 1. The van der Waals surface area contributed by atoms with Crippen molar-refractivity contribution in [2.75, 3.05) is 110 Å². The number of ketones is 4. The van der Waals surface area contributed by atoms with Crippen LogP contribution in [0, 0.1) is 41.4 Å². The van der Waals surface area contributed by atoms with Crippen molar-refractivity contribution in [2.24, 2.45) is 34.5 Å². The second-order valence-corrected chi connectivity index (χ2v) is 38.5. The molecule has 1 unspecified atom stereocenters. The van der Waals surface area contributed by atoms with Gasteiger partial charge in [-0.3, -0.25) is 33.9 Å². The number of likely N-dealkylation sites (tertiary alicyclic amines) is 7. The molecule has 4 aromatic carbocycles. The fraction of sp³-hybridized carbons (Fsp3) is 0.444. The summed E-state index contributed by atoms with van der Waals surface area (Å²) >= 11 is 34.5. The molecule has 8 aliphatic heterocycles. The van der Waals surface area contributed by atoms with Crippen LogP contribution in [0.3, 0.4) is 0 Å². The smallest absolute Gasteiger partial charge is 0.344 e. The summed E-state index contributed by atoms with van der Waals surface area (Å²) in [6, 6.07) is 28.0. The van der Waals surface area contributed by atoms with Gasteiger partial charge in [0, 0.05) is 219 Å². The van der Waals surface area contributed by atoms with E-state index in [1.807, 2.05) is 72.8 Å². The van der Waals surface area contributed by atoms with Crippen LogP contribution in [-0.4, -0.2) is 241 Å². The second-order valence-electron chi connectivity index (χ2n) is 34.6. The molecule has 5 atom stereocenters. The second kappa shape index (κ2) is 38.0. The number of rotatable bonds is 15. The van der Waals surface area contributed by atoms with Gasteiger partial charge < -0.3 is 29.2 Å². The van der Waals surface area contributed by atoms with E-state index in [0.717, 1.165) is 191 Å². The van der Waals surface area contributed by atoms with Gasteiger partial charge in [0.15, 0.2) is 23.1 Å². The molecular formula is C90H99Cl5N18O9S2. The fourth-order valence-corrected chi connectivity index (χ4v) is 21.8. The number of carbonyl (C=O) groups is 8. The van der Waals surface area contributed by atoms with E-state index in [1.165, 1.54) is 76.1 Å². The van der Waals surface area contributed by atoms with Crippen molar-refractivity contribution in [3.8, 4) is 26.9 Å². The summed E-state index contributed by atoms with van der Waals surface area (Å²) in [5.41, 5.74) is 9.45. The molecule has 9 aliphatic rings. The summed E-state index contributed by atoms with van der Waals surface area (Å²) in [6.45, 7) is 24.4. The van der Waals surface area contributed by atoms with Crippen molar-refractivity contribution in [1.82, 2.24) is 83.4 Å². The summed E-state index contributed by atoms with van der Waals surface area (Å²) in [7, 11) is 0. The first kappa shape index (κ1) is 87.9. The predicted octanol–water partition coefficient (Wildman–Crippen LogP) is 17.1. The molecule has 10 aromatic rings. The number of fused-ring (bicyclic) bond motifs is 2. The molecule has 27 nitrogen and oxygen atoms in total. The number of nitrogens with zero attached hydrogens (tertiary/aromatic N) is 18. The van der Waals surface area contributed by atoms with Crippen LogP contribution < -0.4 is 9.64 Å². The summed E-state index contributed by atoms with van der Waals surface area (Å²) in [5, 5.41) is 25.7. The number of hydrogen-bond acceptors (Lipinski definition) is 21. The number of ether oxygens (including phenoxy) is 1. The minimum Gasteiger partial charge on any atom is -0.490 e. The number of benzene rings is 4. The van der Waals surface area contributed by atoms with Gasteiger partial charge in [0.05, 0.1) is 16.1 Å². The van der Waals surface area contributed by atoms with E-state index in [1.54, 1.807) is 91.0 Å². The first-order valence-electron chi connectivity index (χ1n) is 42.3. The van der Waals surface area contributed by atoms with Gasteiger partial charge in [-0.1, -0.05) is 64.1 Å². The molecule has 6 aromatic heterocycles. The standard InChI is InChI=1S/C24H30ClN5O2.C22H26Cl2N4O2.C22H22ClN5O2S.C22H21ClN4O3S/c1-18(31)21-5-11-30(26-21)23(32)29-13-7-24(8-14-29)6-12-27(17-24)16-19-15-20(25)3-4-22(19)28-9-2-10-28;1-15-12-28(25-20(15)16(2)29)21(30)27-7-4-22(5-8-27)3-6-26(14-22)13-17-9-18(23)11-19(24)10-17;1-14(29)20-4-6-28(25-20)22(30)27-12-16-10-26(11-17(16)13-27)9-15-2-3-19(23)18(8-15)21-24-5-7-31-21;1-13(28)20-4-6-27(25-20)22(29)26-11-14-8-17(9-15(14)12-26)30-16-2-3-19(23)18(10-16)21-24-5-7-31-21/h3-5,11,15H,2,6-10,12-14,16-17H2,1H3;9-12H,3-8,13-14H2,1-2H3;2-8,16-17H,9-13H2,1H3;2-7,10,14-15,17H,8-9,11-12H2,1H3/t;;16-,17+;14-,15+,17?. The minimum absolute atomic E-state index is 0.117. The highest BCUT2D eigenvalue weighted by atomic mass is 35.5. The van der Waals surface area contributed by atoms with Crippen molar-refractivity contribution < 1.29 is 43.1 Å². The van der Waals surface area contributed by atoms with Crippen LogP contribution >= 0.6 is 80.7 Å². The maximum absolute atomic E-state index is 12.8. The third-order valence-corrected chi connectivity index (χ3v) is 28.8. The first-order chi connectivity index (χ1) is 59.6. The Labute approximate surface area is 753 Å². The molecule has 4 amide bonds.